The van der Waals surface area contributed by atoms with E-state index >= 15 is 0 Å². The van der Waals surface area contributed by atoms with Gasteiger partial charge in [0.25, 0.3) is 5.91 Å². The van der Waals surface area contributed by atoms with Gasteiger partial charge in [-0.1, -0.05) is 0 Å². The van der Waals surface area contributed by atoms with E-state index < -0.39 is 47.5 Å². The second kappa shape index (κ2) is 9.87. The number of carbonyl (C=O) groups is 4. The molecule has 10 heteroatoms. The molecule has 7 nitrogen and oxygen atoms in total. The molecule has 1 aromatic carbocycles. The average molecular weight is 424 g/mol. The van der Waals surface area contributed by atoms with Crippen molar-refractivity contribution in [1.82, 2.24) is 10.6 Å². The number of carbonyl (C=O) groups excluding carboxylic acids is 4. The van der Waals surface area contributed by atoms with Gasteiger partial charge < -0.3 is 15.4 Å². The van der Waals surface area contributed by atoms with Crippen LogP contribution in [0.3, 0.4) is 0 Å². The molecular weight excluding hydrogens is 406 g/mol. The molecule has 1 heterocycles. The molecule has 1 atom stereocenters. The Labute approximate surface area is 169 Å². The third kappa shape index (κ3) is 6.46. The molecule has 0 aliphatic heterocycles. The Morgan fingerprint density at radius 2 is 1.83 bits per heavy atom. The lowest BCUT2D eigenvalue weighted by Crippen LogP contribution is -2.34. The van der Waals surface area contributed by atoms with Gasteiger partial charge in [-0.05, 0) is 31.2 Å². The molecular formula is C19H18F2N2O5S. The van der Waals surface area contributed by atoms with E-state index in [0.717, 1.165) is 28.3 Å². The normalized spacial score (nSPS) is 11.4. The van der Waals surface area contributed by atoms with Crippen LogP contribution >= 0.6 is 11.3 Å². The van der Waals surface area contributed by atoms with E-state index in [1.54, 1.807) is 12.1 Å². The van der Waals surface area contributed by atoms with Crippen LogP contribution in [-0.2, 0) is 20.9 Å². The summed E-state index contributed by atoms with van der Waals surface area (Å²) < 4.78 is 31.4. The number of nitrogens with one attached hydrogen (secondary N) is 2. The van der Waals surface area contributed by atoms with Crippen LogP contribution in [0.5, 0.6) is 0 Å². The summed E-state index contributed by atoms with van der Waals surface area (Å²) in [4.78, 5) is 48.1. The minimum atomic E-state index is -1.10. The number of hydrogen-bond acceptors (Lipinski definition) is 6. The van der Waals surface area contributed by atoms with Crippen LogP contribution in [0.2, 0.25) is 0 Å². The first-order valence-electron chi connectivity index (χ1n) is 8.47. The van der Waals surface area contributed by atoms with E-state index in [1.807, 2.05) is 0 Å². The van der Waals surface area contributed by atoms with Crippen LogP contribution in [0.1, 0.15) is 38.8 Å². The lowest BCUT2D eigenvalue weighted by molar-refractivity contribution is -0.145. The highest BCUT2D eigenvalue weighted by Crippen LogP contribution is 2.19. The van der Waals surface area contributed by atoms with Crippen LogP contribution in [-0.4, -0.2) is 36.2 Å². The molecule has 1 unspecified atom stereocenters. The van der Waals surface area contributed by atoms with Gasteiger partial charge in [-0.3, -0.25) is 19.2 Å². The van der Waals surface area contributed by atoms with E-state index in [0.29, 0.717) is 10.9 Å². The quantitative estimate of drug-likeness (QED) is 0.500. The van der Waals surface area contributed by atoms with Crippen molar-refractivity contribution < 1.29 is 32.7 Å². The number of benzene rings is 1. The smallest absolute Gasteiger partial charge is 0.326 e. The fourth-order valence-electron chi connectivity index (χ4n) is 2.23. The lowest BCUT2D eigenvalue weighted by atomic mass is 10.2. The molecule has 154 valence electrons. The number of halogens is 2. The van der Waals surface area contributed by atoms with E-state index in [-0.39, 0.29) is 12.5 Å². The van der Waals surface area contributed by atoms with Crippen molar-refractivity contribution in [2.75, 3.05) is 6.54 Å². The zero-order chi connectivity index (χ0) is 21.6. The van der Waals surface area contributed by atoms with Gasteiger partial charge in [-0.15, -0.1) is 11.3 Å². The van der Waals surface area contributed by atoms with Crippen molar-refractivity contribution in [3.63, 3.8) is 0 Å². The first-order chi connectivity index (χ1) is 13.7. The average Bonchev–Trinajstić information content (AvgIpc) is 3.12. The Bertz CT molecular complexity index is 944. The summed E-state index contributed by atoms with van der Waals surface area (Å²) >= 11 is 1.16. The molecule has 0 radical (unpaired) electrons. The monoisotopic (exact) mass is 424 g/mol. The Kier molecular flexibility index (Phi) is 7.54. The maximum Gasteiger partial charge on any atom is 0.326 e. The number of rotatable bonds is 8. The predicted octanol–water partition coefficient (Wildman–Crippen LogP) is 2.21. The Hall–Kier alpha value is -3.14. The largest absolute Gasteiger partial charge is 0.453 e. The molecule has 0 aliphatic rings. The molecule has 0 fully saturated rings. The number of amides is 2. The summed E-state index contributed by atoms with van der Waals surface area (Å²) in [6.45, 7) is 2.46. The van der Waals surface area contributed by atoms with Crippen LogP contribution in [0.4, 0.5) is 8.78 Å². The summed E-state index contributed by atoms with van der Waals surface area (Å²) in [6, 6.07) is 5.66. The van der Waals surface area contributed by atoms with Crippen molar-refractivity contribution in [3.05, 3.63) is 57.3 Å². The minimum absolute atomic E-state index is 0.198. The first kappa shape index (κ1) is 22.2. The Balaban J connectivity index is 1.85. The molecule has 0 saturated carbocycles. The summed E-state index contributed by atoms with van der Waals surface area (Å²) in [5.74, 6) is -4.34. The molecule has 2 N–H and O–H groups in total. The van der Waals surface area contributed by atoms with Crippen LogP contribution < -0.4 is 10.6 Å². The molecule has 0 bridgehead atoms. The minimum Gasteiger partial charge on any atom is -0.453 e. The molecule has 2 amide bonds. The fraction of sp³-hybridized carbons (Fsp3) is 0.263. The first-order valence-corrected chi connectivity index (χ1v) is 9.29. The van der Waals surface area contributed by atoms with Crippen molar-refractivity contribution in [1.29, 1.82) is 0 Å². The summed E-state index contributed by atoms with van der Waals surface area (Å²) in [6.07, 6.45) is -1.10. The van der Waals surface area contributed by atoms with Gasteiger partial charge >= 0.3 is 5.97 Å². The van der Waals surface area contributed by atoms with Gasteiger partial charge in [0, 0.05) is 17.9 Å². The van der Waals surface area contributed by atoms with Crippen molar-refractivity contribution in [2.45, 2.75) is 26.5 Å². The molecule has 2 rings (SSSR count). The second-order valence-electron chi connectivity index (χ2n) is 5.98. The zero-order valence-electron chi connectivity index (χ0n) is 15.6. The second-order valence-corrected chi connectivity index (χ2v) is 7.15. The van der Waals surface area contributed by atoms with Crippen molar-refractivity contribution in [2.24, 2.45) is 0 Å². The fourth-order valence-corrected chi connectivity index (χ4v) is 3.20. The van der Waals surface area contributed by atoms with E-state index in [9.17, 15) is 28.0 Å². The summed E-state index contributed by atoms with van der Waals surface area (Å²) in [7, 11) is 0. The van der Waals surface area contributed by atoms with Gasteiger partial charge in [0.05, 0.1) is 17.0 Å². The van der Waals surface area contributed by atoms with E-state index in [2.05, 4.69) is 10.6 Å². The van der Waals surface area contributed by atoms with Gasteiger partial charge in [0.15, 0.2) is 6.10 Å². The van der Waals surface area contributed by atoms with Crippen LogP contribution in [0.15, 0.2) is 30.3 Å². The van der Waals surface area contributed by atoms with E-state index in [4.69, 9.17) is 4.74 Å². The summed E-state index contributed by atoms with van der Waals surface area (Å²) in [5, 5.41) is 4.76. The maximum atomic E-state index is 13.5. The molecule has 29 heavy (non-hydrogen) atoms. The van der Waals surface area contributed by atoms with Crippen LogP contribution in [0.25, 0.3) is 0 Å². The lowest BCUT2D eigenvalue weighted by Gasteiger charge is -2.12. The molecule has 0 aliphatic carbocycles. The highest BCUT2D eigenvalue weighted by Gasteiger charge is 2.22. The zero-order valence-corrected chi connectivity index (χ0v) is 16.4. The number of esters is 1. The maximum absolute atomic E-state index is 13.5. The molecule has 1 aromatic heterocycles. The number of thiophene rings is 1. The predicted molar refractivity (Wildman–Crippen MR) is 100 cm³/mol. The topological polar surface area (TPSA) is 102 Å². The Morgan fingerprint density at radius 1 is 1.10 bits per heavy atom. The van der Waals surface area contributed by atoms with E-state index in [1.165, 1.54) is 13.8 Å². The van der Waals surface area contributed by atoms with Gasteiger partial charge in [0.1, 0.15) is 18.2 Å². The van der Waals surface area contributed by atoms with Gasteiger partial charge in [0.2, 0.25) is 11.7 Å². The third-order valence-corrected chi connectivity index (χ3v) is 4.76. The molecule has 0 spiro atoms. The number of ether oxygens (including phenoxy) is 1. The Morgan fingerprint density at radius 3 is 2.48 bits per heavy atom. The van der Waals surface area contributed by atoms with Crippen LogP contribution in [0, 0.1) is 11.6 Å². The van der Waals surface area contributed by atoms with Gasteiger partial charge in [-0.2, -0.15) is 0 Å². The number of Topliss-reactive ketones (excluding diaryl/α,β-unsaturated/α-hetero) is 1. The number of ketones is 1. The highest BCUT2D eigenvalue weighted by atomic mass is 32.1. The highest BCUT2D eigenvalue weighted by molar-refractivity contribution is 7.14. The molecule has 0 saturated heterocycles. The third-order valence-electron chi connectivity index (χ3n) is 3.66. The number of hydrogen-bond donors (Lipinski definition) is 2. The van der Waals surface area contributed by atoms with Gasteiger partial charge in [-0.25, -0.2) is 8.78 Å². The molecule has 2 aromatic rings. The summed E-state index contributed by atoms with van der Waals surface area (Å²) in [5.41, 5.74) is -0.423. The van der Waals surface area contributed by atoms with Crippen molar-refractivity contribution >= 4 is 34.9 Å². The van der Waals surface area contributed by atoms with Crippen molar-refractivity contribution in [3.8, 4) is 0 Å². The standard InChI is InChI=1S/C19H18F2N2O5S/c1-10(18(26)16-6-4-13(29-16)8-22-11(2)24)28-17(25)9-23-19(27)14-5-3-12(20)7-15(14)21/h3-7,10H,8-9H2,1-2H3,(H,22,24)(H,23,27). The SMILES string of the molecule is CC(=O)NCc1ccc(C(=O)C(C)OC(=O)CNC(=O)c2ccc(F)cc2F)s1.